The lowest BCUT2D eigenvalue weighted by atomic mass is 9.95. The third-order valence-corrected chi connectivity index (χ3v) is 16.5. The number of fused-ring (bicyclic) bond motifs is 5. The highest BCUT2D eigenvalue weighted by molar-refractivity contribution is 7.66. The monoisotopic (exact) mass is 1300 g/mol. The Hall–Kier alpha value is -5.72. The number of methoxy groups -OCH3 is 1. The topological polar surface area (TPSA) is 407 Å². The van der Waals surface area contributed by atoms with Crippen LogP contribution in [0, 0.1) is 11.8 Å². The van der Waals surface area contributed by atoms with E-state index < -0.39 is 53.7 Å². The second kappa shape index (κ2) is 37.4. The number of nitrogens with zero attached hydrogens (tertiary/aromatic N) is 5. The van der Waals surface area contributed by atoms with Crippen molar-refractivity contribution in [2.75, 3.05) is 131 Å². The number of hydrogen-bond acceptors (Lipinski definition) is 22. The molecule has 88 heavy (non-hydrogen) atoms. The molecule has 4 heterocycles. The molecule has 2 unspecified atom stereocenters. The van der Waals surface area contributed by atoms with Crippen molar-refractivity contribution in [3.8, 4) is 34.4 Å². The van der Waals surface area contributed by atoms with Crippen molar-refractivity contribution in [3.63, 3.8) is 0 Å². The molecule has 0 spiro atoms. The first-order chi connectivity index (χ1) is 42.3. The number of amides is 3. The minimum Gasteiger partial charge on any atom is -0.382 e. The van der Waals surface area contributed by atoms with E-state index in [0.717, 1.165) is 38.8 Å². The van der Waals surface area contributed by atoms with E-state index in [0.29, 0.717) is 124 Å². The Labute approximate surface area is 506 Å². The van der Waals surface area contributed by atoms with Gasteiger partial charge in [-0.05, 0) is 37.3 Å². The quantitative estimate of drug-likeness (QED) is 0.0190. The lowest BCUT2D eigenvalue weighted by Crippen LogP contribution is -2.34. The Balaban J connectivity index is 0.807. The van der Waals surface area contributed by atoms with Gasteiger partial charge in [0.05, 0.1) is 143 Å². The number of hydrogen-bond donors (Lipinski definition) is 7. The number of phosphoric ester groups is 1. The van der Waals surface area contributed by atoms with E-state index in [4.69, 9.17) is 52.4 Å². The number of H-pyrrole nitrogens is 1. The second-order valence-electron chi connectivity index (χ2n) is 19.2. The maximum Gasteiger partial charge on any atom is 0.490 e. The summed E-state index contributed by atoms with van der Waals surface area (Å²) < 4.78 is 98.7. The minimum absolute atomic E-state index is 0.0114. The van der Waals surface area contributed by atoms with Gasteiger partial charge in [-0.15, -0.1) is 5.10 Å². The first kappa shape index (κ1) is 71.4. The fraction of sp³-hybridized carbons (Fsp3) is 0.566. The SMILES string of the molecule is COCCOCCOCCOCCNC(=O)CCCCC(=O)N1Cc2ccccc2-c2c(nnn2CCOCCOCCOCCOCCC(=O)NCC#Cc2cn([C@H]3CC[C@@H](COP(=O)(O)OP(=O)(O)OP(=O)(O)O)O3)c(=O)[nH]c2=O)-c2ccccc21. The molecule has 486 valence electrons. The van der Waals surface area contributed by atoms with Gasteiger partial charge in [0.1, 0.15) is 17.5 Å². The number of anilines is 1. The lowest BCUT2D eigenvalue weighted by molar-refractivity contribution is -0.122. The molecule has 2 aromatic heterocycles. The molecule has 1 fully saturated rings. The first-order valence-corrected chi connectivity index (χ1v) is 32.6. The van der Waals surface area contributed by atoms with Crippen LogP contribution in [0.2, 0.25) is 0 Å². The molecular formula is C53H75N8O24P3. The number of benzene rings is 2. The molecule has 32 nitrogen and oxygen atoms in total. The van der Waals surface area contributed by atoms with Gasteiger partial charge in [-0.3, -0.25) is 33.3 Å². The molecule has 7 N–H and O–H groups in total. The molecule has 2 aromatic carbocycles. The van der Waals surface area contributed by atoms with Crippen LogP contribution in [-0.4, -0.2) is 194 Å². The molecule has 0 bridgehead atoms. The highest BCUT2D eigenvalue weighted by atomic mass is 31.3. The predicted molar refractivity (Wildman–Crippen MR) is 310 cm³/mol. The second-order valence-corrected chi connectivity index (χ2v) is 23.6. The summed E-state index contributed by atoms with van der Waals surface area (Å²) in [6, 6.07) is 15.5. The Morgan fingerprint density at radius 3 is 1.99 bits per heavy atom. The van der Waals surface area contributed by atoms with Crippen LogP contribution in [0.5, 0.6) is 0 Å². The van der Waals surface area contributed by atoms with Crippen LogP contribution < -0.4 is 26.8 Å². The van der Waals surface area contributed by atoms with E-state index >= 15 is 0 Å². The summed E-state index contributed by atoms with van der Waals surface area (Å²) in [5, 5.41) is 14.6. The van der Waals surface area contributed by atoms with Gasteiger partial charge < -0.3 is 77.7 Å². The lowest BCUT2D eigenvalue weighted by Gasteiger charge is -2.28. The summed E-state index contributed by atoms with van der Waals surface area (Å²) >= 11 is 0. The molecule has 0 aliphatic carbocycles. The maximum absolute atomic E-state index is 14.0. The summed E-state index contributed by atoms with van der Waals surface area (Å²) in [5.74, 6) is 4.65. The van der Waals surface area contributed by atoms with Gasteiger partial charge in [0.2, 0.25) is 17.7 Å². The molecule has 4 aromatic rings. The molecule has 6 rings (SSSR count). The van der Waals surface area contributed by atoms with Crippen molar-refractivity contribution >= 4 is 46.9 Å². The largest absolute Gasteiger partial charge is 0.490 e. The summed E-state index contributed by atoms with van der Waals surface area (Å²) in [6.45, 7) is 5.63. The summed E-state index contributed by atoms with van der Waals surface area (Å²) in [4.78, 5) is 104. The normalized spacial score (nSPS) is 16.0. The average Bonchev–Trinajstić information content (AvgIpc) is 1.57. The van der Waals surface area contributed by atoms with Crippen molar-refractivity contribution in [1.82, 2.24) is 35.2 Å². The standard InChI is InChI=1S/C53H75N8O24P3/c1-74-25-26-78-33-34-80-31-28-76-23-20-55-46(62)14-6-7-15-48(64)59-37-40-9-2-3-11-43(40)51-50(44-12-4-5-13-45(44)59)57-58-61(51)21-24-77-29-32-81-36-35-79-30-27-75-22-18-47(63)54-19-8-10-41-38-60(53(66)56-52(41)65)49-17-16-42(83-49)39-82-87(70,71)85-88(72,73)84-86(67,68)69/h2-5,9,11-13,38,42,49H,6-7,14-37,39H2,1H3,(H,54,63)(H,55,62)(H,70,71)(H,72,73)(H,56,65,66)(H2,67,68,69)/t42-,49+/m0/s1. The zero-order valence-electron chi connectivity index (χ0n) is 48.5. The fourth-order valence-electron chi connectivity index (χ4n) is 8.66. The summed E-state index contributed by atoms with van der Waals surface area (Å²) in [5.41, 5.74) is 2.96. The Morgan fingerprint density at radius 1 is 0.705 bits per heavy atom. The van der Waals surface area contributed by atoms with Crippen LogP contribution in [0.4, 0.5) is 5.69 Å². The molecule has 0 saturated carbocycles. The van der Waals surface area contributed by atoms with Crippen LogP contribution in [0.3, 0.4) is 0 Å². The average molecular weight is 1300 g/mol. The smallest absolute Gasteiger partial charge is 0.382 e. The number of aromatic amines is 1. The van der Waals surface area contributed by atoms with Crippen LogP contribution in [0.25, 0.3) is 22.5 Å². The third kappa shape index (κ3) is 25.3. The van der Waals surface area contributed by atoms with E-state index in [9.17, 15) is 47.5 Å². The van der Waals surface area contributed by atoms with Gasteiger partial charge in [0.25, 0.3) is 5.56 Å². The molecular weight excluding hydrogens is 1230 g/mol. The van der Waals surface area contributed by atoms with Crippen molar-refractivity contribution in [2.24, 2.45) is 0 Å². The minimum atomic E-state index is -5.72. The number of carbonyl (C=O) groups excluding carboxylic acids is 3. The number of unbranched alkanes of at least 4 members (excludes halogenated alkanes) is 1. The van der Waals surface area contributed by atoms with E-state index in [1.807, 2.05) is 53.2 Å². The van der Waals surface area contributed by atoms with Gasteiger partial charge >= 0.3 is 29.2 Å². The van der Waals surface area contributed by atoms with Crippen LogP contribution in [0.1, 0.15) is 62.3 Å². The number of aromatic nitrogens is 5. The van der Waals surface area contributed by atoms with Crippen molar-refractivity contribution < 1.29 is 103 Å². The number of phosphoric acid groups is 3. The predicted octanol–water partition coefficient (Wildman–Crippen LogP) is 2.33. The van der Waals surface area contributed by atoms with Gasteiger partial charge in [-0.1, -0.05) is 59.5 Å². The molecule has 0 radical (unpaired) electrons. The molecule has 2 aliphatic heterocycles. The van der Waals surface area contributed by atoms with Crippen molar-refractivity contribution in [1.29, 1.82) is 0 Å². The van der Waals surface area contributed by atoms with E-state index in [1.54, 1.807) is 12.0 Å². The number of para-hydroxylation sites is 1. The zero-order chi connectivity index (χ0) is 63.2. The van der Waals surface area contributed by atoms with Crippen molar-refractivity contribution in [3.05, 3.63) is 86.7 Å². The van der Waals surface area contributed by atoms with Gasteiger partial charge in [-0.25, -0.2) is 23.2 Å². The molecule has 3 amide bonds. The Morgan fingerprint density at radius 2 is 1.31 bits per heavy atom. The first-order valence-electron chi connectivity index (χ1n) is 28.1. The maximum atomic E-state index is 14.0. The molecule has 1 saturated heterocycles. The van der Waals surface area contributed by atoms with E-state index in [2.05, 4.69) is 50.9 Å². The molecule has 2 aliphatic rings. The highest BCUT2D eigenvalue weighted by Gasteiger charge is 2.42. The number of ether oxygens (including phenoxy) is 9. The van der Waals surface area contributed by atoms with Gasteiger partial charge in [-0.2, -0.15) is 8.62 Å². The van der Waals surface area contributed by atoms with Gasteiger partial charge in [0, 0.05) is 50.2 Å². The molecule has 4 atom stereocenters. The van der Waals surface area contributed by atoms with E-state index in [1.165, 1.54) is 0 Å². The van der Waals surface area contributed by atoms with Crippen LogP contribution in [-0.2, 0) is 96.9 Å². The Kier molecular flexibility index (Phi) is 30.4. The van der Waals surface area contributed by atoms with E-state index in [-0.39, 0.29) is 75.3 Å². The number of nitrogens with one attached hydrogen (secondary N) is 3. The highest BCUT2D eigenvalue weighted by Crippen LogP contribution is 2.66. The third-order valence-electron chi connectivity index (χ3n) is 12.7. The zero-order valence-corrected chi connectivity index (χ0v) is 51.2. The van der Waals surface area contributed by atoms with Crippen LogP contribution >= 0.6 is 23.5 Å². The summed E-state index contributed by atoms with van der Waals surface area (Å²) in [7, 11) is -15.1. The van der Waals surface area contributed by atoms with Gasteiger partial charge in [0.15, 0.2) is 0 Å². The number of rotatable bonds is 41. The Bertz CT molecular complexity index is 3200. The number of carbonyl (C=O) groups is 3. The fourth-order valence-corrected chi connectivity index (χ4v) is 11.7. The summed E-state index contributed by atoms with van der Waals surface area (Å²) in [6.07, 6.45) is 1.06. The van der Waals surface area contributed by atoms with Crippen LogP contribution in [0.15, 0.2) is 64.3 Å². The molecule has 35 heteroatoms. The van der Waals surface area contributed by atoms with Crippen molar-refractivity contribution in [2.45, 2.75) is 70.4 Å².